The number of thioether (sulfide) groups is 1. The Labute approximate surface area is 64.4 Å². The molecule has 0 aromatic heterocycles. The van der Waals surface area contributed by atoms with E-state index in [9.17, 15) is 4.79 Å². The molecule has 4 heteroatoms. The van der Waals surface area contributed by atoms with E-state index in [-0.39, 0.29) is 11.9 Å². The fourth-order valence-electron chi connectivity index (χ4n) is 0.450. The normalized spacial score (nSPS) is 16.3. The van der Waals surface area contributed by atoms with E-state index in [0.717, 1.165) is 0 Å². The van der Waals surface area contributed by atoms with Crippen molar-refractivity contribution in [3.63, 3.8) is 0 Å². The Balaban J connectivity index is 3.56. The molecular weight excluding hydrogens is 152 g/mol. The first kappa shape index (κ1) is 9.78. The maximum atomic E-state index is 10.2. The van der Waals surface area contributed by atoms with Crippen molar-refractivity contribution in [2.75, 3.05) is 6.61 Å². The quantitative estimate of drug-likeness (QED) is 0.638. The van der Waals surface area contributed by atoms with Gasteiger partial charge in [0.2, 0.25) is 0 Å². The summed E-state index contributed by atoms with van der Waals surface area (Å²) in [5.41, 5.74) is 0. The van der Waals surface area contributed by atoms with E-state index in [2.05, 4.69) is 0 Å². The highest BCUT2D eigenvalue weighted by Gasteiger charge is 2.14. The molecule has 3 nitrogen and oxygen atoms in total. The first-order chi connectivity index (χ1) is 4.57. The van der Waals surface area contributed by atoms with Crippen molar-refractivity contribution in [3.05, 3.63) is 0 Å². The second kappa shape index (κ2) is 4.57. The van der Waals surface area contributed by atoms with Crippen molar-refractivity contribution in [2.45, 2.75) is 24.3 Å². The molecule has 0 amide bonds. The molecule has 0 fully saturated rings. The van der Waals surface area contributed by atoms with E-state index in [1.165, 1.54) is 11.8 Å². The highest BCUT2D eigenvalue weighted by atomic mass is 32.2. The van der Waals surface area contributed by atoms with Gasteiger partial charge in [-0.1, -0.05) is 6.92 Å². The van der Waals surface area contributed by atoms with Crippen molar-refractivity contribution in [1.29, 1.82) is 0 Å². The Kier molecular flexibility index (Phi) is 4.47. The Morgan fingerprint density at radius 1 is 1.60 bits per heavy atom. The molecule has 0 saturated carbocycles. The zero-order chi connectivity index (χ0) is 8.15. The number of rotatable bonds is 4. The van der Waals surface area contributed by atoms with Crippen LogP contribution in [0.3, 0.4) is 0 Å². The topological polar surface area (TPSA) is 57.5 Å². The molecule has 0 saturated heterocycles. The molecule has 2 N–H and O–H groups in total. The van der Waals surface area contributed by atoms with Gasteiger partial charge in [0.1, 0.15) is 0 Å². The van der Waals surface area contributed by atoms with Crippen LogP contribution in [0.5, 0.6) is 0 Å². The molecule has 60 valence electrons. The van der Waals surface area contributed by atoms with Crippen LogP contribution in [0.1, 0.15) is 13.8 Å². The molecule has 2 atom stereocenters. The van der Waals surface area contributed by atoms with Gasteiger partial charge in [0, 0.05) is 5.25 Å². The van der Waals surface area contributed by atoms with Gasteiger partial charge < -0.3 is 10.2 Å². The first-order valence-electron chi connectivity index (χ1n) is 3.07. The number of aliphatic carboxylic acids is 1. The highest BCUT2D eigenvalue weighted by molar-refractivity contribution is 8.01. The smallest absolute Gasteiger partial charge is 0.316 e. The molecule has 0 rings (SSSR count). The molecule has 0 heterocycles. The number of carbonyl (C=O) groups is 1. The number of hydrogen-bond acceptors (Lipinski definition) is 3. The van der Waals surface area contributed by atoms with Crippen LogP contribution in [0.2, 0.25) is 0 Å². The van der Waals surface area contributed by atoms with Gasteiger partial charge in [-0.05, 0) is 6.92 Å². The lowest BCUT2D eigenvalue weighted by atomic mass is 10.5. The van der Waals surface area contributed by atoms with Crippen molar-refractivity contribution >= 4 is 17.7 Å². The van der Waals surface area contributed by atoms with Crippen LogP contribution in [0.25, 0.3) is 0 Å². The van der Waals surface area contributed by atoms with Crippen LogP contribution < -0.4 is 0 Å². The third-order valence-corrected chi connectivity index (χ3v) is 2.26. The minimum Gasteiger partial charge on any atom is -0.480 e. The van der Waals surface area contributed by atoms with E-state index in [1.54, 1.807) is 13.8 Å². The summed E-state index contributed by atoms with van der Waals surface area (Å²) in [7, 11) is 0. The van der Waals surface area contributed by atoms with Crippen LogP contribution in [-0.2, 0) is 4.79 Å². The van der Waals surface area contributed by atoms with Gasteiger partial charge in [-0.2, -0.15) is 0 Å². The van der Waals surface area contributed by atoms with Gasteiger partial charge in [0.25, 0.3) is 0 Å². The average molecular weight is 164 g/mol. The van der Waals surface area contributed by atoms with Crippen molar-refractivity contribution < 1.29 is 15.0 Å². The summed E-state index contributed by atoms with van der Waals surface area (Å²) in [6.07, 6.45) is 0. The Morgan fingerprint density at radius 2 is 2.10 bits per heavy atom. The van der Waals surface area contributed by atoms with Crippen LogP contribution in [0, 0.1) is 0 Å². The second-order valence-corrected chi connectivity index (χ2v) is 3.89. The van der Waals surface area contributed by atoms with E-state index in [0.29, 0.717) is 0 Å². The molecule has 0 spiro atoms. The predicted octanol–water partition coefficient (Wildman–Crippen LogP) is 0.574. The number of aliphatic hydroxyl groups is 1. The maximum Gasteiger partial charge on any atom is 0.316 e. The standard InChI is InChI=1S/C6H12O3S/c1-4(3-7)10-5(2)6(8)9/h4-5,7H,3H2,1-2H3,(H,8,9). The summed E-state index contributed by atoms with van der Waals surface area (Å²) in [4.78, 5) is 10.2. The molecule has 2 unspecified atom stereocenters. The lowest BCUT2D eigenvalue weighted by molar-refractivity contribution is -0.136. The van der Waals surface area contributed by atoms with E-state index in [4.69, 9.17) is 10.2 Å². The summed E-state index contributed by atoms with van der Waals surface area (Å²) in [6.45, 7) is 3.44. The fourth-order valence-corrected chi connectivity index (χ4v) is 1.35. The van der Waals surface area contributed by atoms with E-state index in [1.807, 2.05) is 0 Å². The van der Waals surface area contributed by atoms with Gasteiger partial charge in [-0.25, -0.2) is 0 Å². The summed E-state index contributed by atoms with van der Waals surface area (Å²) < 4.78 is 0. The molecule has 0 aromatic carbocycles. The second-order valence-electron chi connectivity index (χ2n) is 2.11. The highest BCUT2D eigenvalue weighted by Crippen LogP contribution is 2.16. The minimum atomic E-state index is -0.828. The SMILES string of the molecule is CC(CO)SC(C)C(=O)O. The van der Waals surface area contributed by atoms with Crippen molar-refractivity contribution in [2.24, 2.45) is 0 Å². The number of hydrogen-bond donors (Lipinski definition) is 2. The first-order valence-corrected chi connectivity index (χ1v) is 4.01. The summed E-state index contributed by atoms with van der Waals surface area (Å²) >= 11 is 1.26. The largest absolute Gasteiger partial charge is 0.480 e. The van der Waals surface area contributed by atoms with Gasteiger partial charge >= 0.3 is 5.97 Å². The third kappa shape index (κ3) is 3.74. The minimum absolute atomic E-state index is 0.00565. The van der Waals surface area contributed by atoms with Gasteiger partial charge in [-0.3, -0.25) is 4.79 Å². The summed E-state index contributed by atoms with van der Waals surface area (Å²) in [5, 5.41) is 16.6. The lowest BCUT2D eigenvalue weighted by Gasteiger charge is -2.10. The molecule has 0 aromatic rings. The molecule has 10 heavy (non-hydrogen) atoms. The van der Waals surface area contributed by atoms with E-state index >= 15 is 0 Å². The molecule has 0 aliphatic heterocycles. The molecule has 0 bridgehead atoms. The Bertz CT molecular complexity index is 116. The van der Waals surface area contributed by atoms with E-state index < -0.39 is 11.2 Å². The fraction of sp³-hybridized carbons (Fsp3) is 0.833. The number of carboxylic acid groups (broad SMARTS) is 1. The monoisotopic (exact) mass is 164 g/mol. The van der Waals surface area contributed by atoms with Gasteiger partial charge in [0.15, 0.2) is 0 Å². The number of carboxylic acids is 1. The number of aliphatic hydroxyl groups excluding tert-OH is 1. The molecular formula is C6H12O3S. The van der Waals surface area contributed by atoms with Crippen LogP contribution in [-0.4, -0.2) is 33.3 Å². The third-order valence-electron chi connectivity index (χ3n) is 1.04. The Hall–Kier alpha value is -0.220. The van der Waals surface area contributed by atoms with Crippen LogP contribution >= 0.6 is 11.8 Å². The molecule has 0 aliphatic carbocycles. The zero-order valence-corrected chi connectivity index (χ0v) is 6.89. The van der Waals surface area contributed by atoms with Crippen LogP contribution in [0.15, 0.2) is 0 Å². The molecule has 0 radical (unpaired) electrons. The maximum absolute atomic E-state index is 10.2. The van der Waals surface area contributed by atoms with Gasteiger partial charge in [-0.15, -0.1) is 11.8 Å². The Morgan fingerprint density at radius 3 is 2.40 bits per heavy atom. The average Bonchev–Trinajstić information content (AvgIpc) is 1.87. The summed E-state index contributed by atoms with van der Waals surface area (Å²) in [6, 6.07) is 0. The predicted molar refractivity (Wildman–Crippen MR) is 41.2 cm³/mol. The zero-order valence-electron chi connectivity index (χ0n) is 6.07. The lowest BCUT2D eigenvalue weighted by Crippen LogP contribution is -2.16. The van der Waals surface area contributed by atoms with Gasteiger partial charge in [0.05, 0.1) is 11.9 Å². The van der Waals surface area contributed by atoms with Crippen molar-refractivity contribution in [1.82, 2.24) is 0 Å². The van der Waals surface area contributed by atoms with Crippen LogP contribution in [0.4, 0.5) is 0 Å². The molecule has 0 aliphatic rings. The summed E-state index contributed by atoms with van der Waals surface area (Å²) in [5.74, 6) is -0.828. The van der Waals surface area contributed by atoms with Crippen molar-refractivity contribution in [3.8, 4) is 0 Å².